The van der Waals surface area contributed by atoms with E-state index in [1.54, 1.807) is 0 Å². The van der Waals surface area contributed by atoms with Crippen molar-refractivity contribution in [1.29, 1.82) is 0 Å². The lowest BCUT2D eigenvalue weighted by Gasteiger charge is -2.31. The summed E-state index contributed by atoms with van der Waals surface area (Å²) in [6, 6.07) is 0.502. The number of rotatable bonds is 3. The molecule has 0 heterocycles. The van der Waals surface area contributed by atoms with E-state index in [1.165, 1.54) is 32.1 Å². The van der Waals surface area contributed by atoms with Crippen LogP contribution in [0.15, 0.2) is 0 Å². The van der Waals surface area contributed by atoms with E-state index in [9.17, 15) is 0 Å². The van der Waals surface area contributed by atoms with E-state index in [0.717, 1.165) is 17.8 Å². The molecule has 1 rings (SSSR count). The molecule has 17 heavy (non-hydrogen) atoms. The zero-order valence-corrected chi connectivity index (χ0v) is 13.4. The summed E-state index contributed by atoms with van der Waals surface area (Å²) in [5.74, 6) is 2.72. The Labute approximate surface area is 111 Å². The summed E-state index contributed by atoms with van der Waals surface area (Å²) in [6.45, 7) is 15.1. The maximum atomic E-state index is 5.90. The van der Waals surface area contributed by atoms with Gasteiger partial charge < -0.3 is 5.73 Å². The molecular weight excluding hydrogens is 206 g/mol. The van der Waals surface area contributed by atoms with Gasteiger partial charge in [0.2, 0.25) is 0 Å². The molecule has 1 saturated carbocycles. The van der Waals surface area contributed by atoms with Gasteiger partial charge in [-0.1, -0.05) is 48.5 Å². The average Bonchev–Trinajstić information content (AvgIpc) is 2.34. The second kappa shape index (κ2) is 12.4. The minimum Gasteiger partial charge on any atom is -0.328 e. The predicted molar refractivity (Wildman–Crippen MR) is 81.2 cm³/mol. The molecule has 1 atom stereocenters. The molecule has 1 unspecified atom stereocenters. The van der Waals surface area contributed by atoms with Crippen LogP contribution < -0.4 is 5.73 Å². The van der Waals surface area contributed by atoms with Gasteiger partial charge in [0.25, 0.3) is 0 Å². The molecule has 1 aliphatic rings. The van der Waals surface area contributed by atoms with Crippen LogP contribution in [0.25, 0.3) is 0 Å². The van der Waals surface area contributed by atoms with Gasteiger partial charge in [-0.15, -0.1) is 0 Å². The molecule has 0 aliphatic heterocycles. The topological polar surface area (TPSA) is 26.0 Å². The smallest absolute Gasteiger partial charge is 0.00390 e. The van der Waals surface area contributed by atoms with Crippen LogP contribution >= 0.6 is 0 Å². The Hall–Kier alpha value is -0.0400. The molecule has 1 heteroatoms. The van der Waals surface area contributed by atoms with Crippen LogP contribution in [0, 0.1) is 17.8 Å². The van der Waals surface area contributed by atoms with Gasteiger partial charge in [0.05, 0.1) is 0 Å². The number of hydrogen-bond acceptors (Lipinski definition) is 1. The fraction of sp³-hybridized carbons (Fsp3) is 1.00. The van der Waals surface area contributed by atoms with Crippen molar-refractivity contribution in [2.24, 2.45) is 23.5 Å². The van der Waals surface area contributed by atoms with Gasteiger partial charge in [0.1, 0.15) is 0 Å². The summed E-state index contributed by atoms with van der Waals surface area (Å²) in [5.41, 5.74) is 5.90. The molecule has 0 aromatic heterocycles. The van der Waals surface area contributed by atoms with E-state index in [-0.39, 0.29) is 0 Å². The second-order valence-corrected chi connectivity index (χ2v) is 5.28. The van der Waals surface area contributed by atoms with E-state index in [0.29, 0.717) is 6.04 Å². The third kappa shape index (κ3) is 9.64. The molecule has 0 spiro atoms. The molecule has 0 aromatic carbocycles. The zero-order valence-electron chi connectivity index (χ0n) is 13.4. The Kier molecular flexibility index (Phi) is 14.1. The summed E-state index contributed by atoms with van der Waals surface area (Å²) in [4.78, 5) is 0. The summed E-state index contributed by atoms with van der Waals surface area (Å²) in [6.07, 6.45) is 6.64. The van der Waals surface area contributed by atoms with E-state index >= 15 is 0 Å². The first-order chi connectivity index (χ1) is 8.09. The lowest BCUT2D eigenvalue weighted by atomic mass is 9.76. The summed E-state index contributed by atoms with van der Waals surface area (Å²) >= 11 is 0. The maximum absolute atomic E-state index is 5.90. The molecule has 2 N–H and O–H groups in total. The van der Waals surface area contributed by atoms with Crippen molar-refractivity contribution in [3.05, 3.63) is 0 Å². The minimum atomic E-state index is 0.502. The van der Waals surface area contributed by atoms with Crippen LogP contribution in [-0.2, 0) is 0 Å². The standard InChI is InChI=1S/C12H25N.2C2H6/c1-9(2)8-10(3)11-4-6-12(13)7-5-11;2*1-2/h9-12H,4-8,13H2,1-3H3;2*1-2H3. The summed E-state index contributed by atoms with van der Waals surface area (Å²) in [5, 5.41) is 0. The first kappa shape index (κ1) is 19.3. The Morgan fingerprint density at radius 1 is 0.882 bits per heavy atom. The Morgan fingerprint density at radius 3 is 1.65 bits per heavy atom. The Balaban J connectivity index is 0. The predicted octanol–water partition coefficient (Wildman–Crippen LogP) is 5.24. The molecule has 1 nitrogen and oxygen atoms in total. The summed E-state index contributed by atoms with van der Waals surface area (Å²) in [7, 11) is 0. The van der Waals surface area contributed by atoms with E-state index in [4.69, 9.17) is 5.73 Å². The molecule has 0 radical (unpaired) electrons. The molecule has 106 valence electrons. The minimum absolute atomic E-state index is 0.502. The van der Waals surface area contributed by atoms with Crippen LogP contribution in [0.1, 0.15) is 80.6 Å². The van der Waals surface area contributed by atoms with Gasteiger partial charge in [-0.3, -0.25) is 0 Å². The third-order valence-corrected chi connectivity index (χ3v) is 3.46. The van der Waals surface area contributed by atoms with E-state index in [1.807, 2.05) is 27.7 Å². The molecule has 0 saturated heterocycles. The number of nitrogens with two attached hydrogens (primary N) is 1. The molecule has 0 bridgehead atoms. The highest BCUT2D eigenvalue weighted by Crippen LogP contribution is 2.32. The maximum Gasteiger partial charge on any atom is 0.00390 e. The first-order valence-corrected chi connectivity index (χ1v) is 7.85. The first-order valence-electron chi connectivity index (χ1n) is 7.85. The van der Waals surface area contributed by atoms with Crippen molar-refractivity contribution in [3.63, 3.8) is 0 Å². The number of hydrogen-bond donors (Lipinski definition) is 1. The van der Waals surface area contributed by atoms with Gasteiger partial charge in [0, 0.05) is 6.04 Å². The highest BCUT2D eigenvalue weighted by molar-refractivity contribution is 4.77. The van der Waals surface area contributed by atoms with Gasteiger partial charge in [-0.2, -0.15) is 0 Å². The van der Waals surface area contributed by atoms with Crippen LogP contribution in [0.3, 0.4) is 0 Å². The van der Waals surface area contributed by atoms with Gasteiger partial charge in [-0.05, 0) is 49.9 Å². The van der Waals surface area contributed by atoms with Gasteiger partial charge in [0.15, 0.2) is 0 Å². The Bertz CT molecular complexity index is 134. The quantitative estimate of drug-likeness (QED) is 0.721. The lowest BCUT2D eigenvalue weighted by Crippen LogP contribution is -2.29. The zero-order chi connectivity index (χ0) is 13.8. The van der Waals surface area contributed by atoms with Crippen LogP contribution in [0.5, 0.6) is 0 Å². The fourth-order valence-corrected chi connectivity index (χ4v) is 2.65. The molecular formula is C16H37N. The van der Waals surface area contributed by atoms with E-state index < -0.39 is 0 Å². The van der Waals surface area contributed by atoms with Crippen molar-refractivity contribution >= 4 is 0 Å². The van der Waals surface area contributed by atoms with Crippen molar-refractivity contribution in [2.45, 2.75) is 86.6 Å². The fourth-order valence-electron chi connectivity index (χ4n) is 2.65. The van der Waals surface area contributed by atoms with Crippen LogP contribution in [0.2, 0.25) is 0 Å². The lowest BCUT2D eigenvalue weighted by molar-refractivity contribution is 0.221. The van der Waals surface area contributed by atoms with Gasteiger partial charge in [-0.25, -0.2) is 0 Å². The van der Waals surface area contributed by atoms with Crippen molar-refractivity contribution < 1.29 is 0 Å². The molecule has 0 aromatic rings. The molecule has 1 aliphatic carbocycles. The SMILES string of the molecule is CC.CC.CC(C)CC(C)C1CCC(N)CC1. The van der Waals surface area contributed by atoms with Crippen molar-refractivity contribution in [1.82, 2.24) is 0 Å². The third-order valence-electron chi connectivity index (χ3n) is 3.46. The monoisotopic (exact) mass is 243 g/mol. The highest BCUT2D eigenvalue weighted by atomic mass is 14.6. The van der Waals surface area contributed by atoms with Crippen LogP contribution in [-0.4, -0.2) is 6.04 Å². The van der Waals surface area contributed by atoms with Gasteiger partial charge >= 0.3 is 0 Å². The normalized spacial score (nSPS) is 25.2. The average molecular weight is 243 g/mol. The largest absolute Gasteiger partial charge is 0.328 e. The molecule has 0 amide bonds. The van der Waals surface area contributed by atoms with E-state index in [2.05, 4.69) is 20.8 Å². The van der Waals surface area contributed by atoms with Crippen molar-refractivity contribution in [2.75, 3.05) is 0 Å². The highest BCUT2D eigenvalue weighted by Gasteiger charge is 2.23. The van der Waals surface area contributed by atoms with Crippen LogP contribution in [0.4, 0.5) is 0 Å². The second-order valence-electron chi connectivity index (χ2n) is 5.28. The molecule has 1 fully saturated rings. The Morgan fingerprint density at radius 2 is 1.29 bits per heavy atom. The van der Waals surface area contributed by atoms with Crippen molar-refractivity contribution in [3.8, 4) is 0 Å². The summed E-state index contributed by atoms with van der Waals surface area (Å²) < 4.78 is 0.